The average Bonchev–Trinajstić information content (AvgIpc) is 3.07. The Morgan fingerprint density at radius 2 is 2.10 bits per heavy atom. The molecule has 2 atom stereocenters. The molecule has 0 amide bonds. The number of aliphatic carboxylic acids is 2. The van der Waals surface area contributed by atoms with Crippen molar-refractivity contribution >= 4 is 40.5 Å². The van der Waals surface area contributed by atoms with Gasteiger partial charge in [0.25, 0.3) is 5.60 Å². The summed E-state index contributed by atoms with van der Waals surface area (Å²) in [6.45, 7) is -0.609. The van der Waals surface area contributed by atoms with E-state index in [9.17, 15) is 24.2 Å². The van der Waals surface area contributed by atoms with Gasteiger partial charge in [-0.25, -0.2) is 19.0 Å². The number of carboxylic acids is 2. The molecule has 0 fully saturated rings. The van der Waals surface area contributed by atoms with Gasteiger partial charge in [-0.15, -0.1) is 0 Å². The molecule has 2 rings (SSSR count). The molecule has 0 saturated heterocycles. The van der Waals surface area contributed by atoms with Crippen LogP contribution in [-0.4, -0.2) is 67.1 Å². The molecule has 0 aliphatic rings. The van der Waals surface area contributed by atoms with Crippen LogP contribution in [0, 0.1) is 11.3 Å². The number of hydrogen-bond donors (Lipinski definition) is 3. The van der Waals surface area contributed by atoms with Crippen LogP contribution in [0.3, 0.4) is 0 Å². The minimum atomic E-state index is -2.80. The van der Waals surface area contributed by atoms with Gasteiger partial charge in [0.2, 0.25) is 5.28 Å². The van der Waals surface area contributed by atoms with Crippen LogP contribution in [0.4, 0.5) is 10.2 Å². The average molecular weight is 431 g/mol. The van der Waals surface area contributed by atoms with Gasteiger partial charge < -0.3 is 25.4 Å². The standard InChI is InChI=1S/C15H16ClFN6O6/c1-28-7(5-29-15(2-3-18,12(24)25)13(26)27)4-8(17)23-6-20-9-10(19)21-14(16)22-11(9)23/h6-8H,2,4-5H2,1H3,(H,24,25)(H,26,27)(H2,19,21,22). The fourth-order valence-electron chi connectivity index (χ4n) is 2.44. The van der Waals surface area contributed by atoms with Crippen molar-refractivity contribution in [3.05, 3.63) is 11.6 Å². The van der Waals surface area contributed by atoms with E-state index >= 15 is 0 Å². The summed E-state index contributed by atoms with van der Waals surface area (Å²) in [6.07, 6.45) is -3.05. The van der Waals surface area contributed by atoms with Crippen LogP contribution in [0.5, 0.6) is 0 Å². The number of nitrogens with two attached hydrogens (primary N) is 1. The van der Waals surface area contributed by atoms with E-state index in [-0.39, 0.29) is 28.7 Å². The Balaban J connectivity index is 2.18. The molecule has 2 unspecified atom stereocenters. The topological polar surface area (TPSA) is 186 Å². The molecule has 0 aliphatic heterocycles. The SMILES string of the molecule is COC(COC(CC#N)(C(=O)O)C(=O)O)CC(F)n1cnc2c(N)nc(Cl)nc21. The number of fused-ring (bicyclic) bond motifs is 1. The first-order valence-electron chi connectivity index (χ1n) is 7.96. The summed E-state index contributed by atoms with van der Waals surface area (Å²) in [5, 5.41) is 26.9. The highest BCUT2D eigenvalue weighted by Gasteiger charge is 2.49. The normalized spacial score (nSPS) is 13.7. The Bertz CT molecular complexity index is 949. The molecule has 2 aromatic heterocycles. The zero-order valence-corrected chi connectivity index (χ0v) is 15.7. The van der Waals surface area contributed by atoms with Crippen molar-refractivity contribution in [3.63, 3.8) is 0 Å². The van der Waals surface area contributed by atoms with Gasteiger partial charge in [-0.2, -0.15) is 15.2 Å². The van der Waals surface area contributed by atoms with Gasteiger partial charge >= 0.3 is 11.9 Å². The quantitative estimate of drug-likeness (QED) is 0.356. The second-order valence-electron chi connectivity index (χ2n) is 5.81. The molecule has 0 aliphatic carbocycles. The Hall–Kier alpha value is -3.08. The molecule has 29 heavy (non-hydrogen) atoms. The van der Waals surface area contributed by atoms with E-state index in [1.165, 1.54) is 13.2 Å². The van der Waals surface area contributed by atoms with Crippen LogP contribution in [-0.2, 0) is 19.1 Å². The molecule has 12 nitrogen and oxygen atoms in total. The number of nitrogen functional groups attached to an aromatic ring is 1. The van der Waals surface area contributed by atoms with Gasteiger partial charge in [0, 0.05) is 13.5 Å². The van der Waals surface area contributed by atoms with Crippen LogP contribution in [0.1, 0.15) is 19.1 Å². The number of carbonyl (C=O) groups is 2. The maximum Gasteiger partial charge on any atom is 0.349 e. The van der Waals surface area contributed by atoms with Gasteiger partial charge in [-0.05, 0) is 11.6 Å². The molecule has 0 bridgehead atoms. The molecular formula is C15H16ClFN6O6. The fraction of sp³-hybridized carbons (Fsp3) is 0.467. The van der Waals surface area contributed by atoms with E-state index in [2.05, 4.69) is 15.0 Å². The molecule has 156 valence electrons. The second kappa shape index (κ2) is 8.95. The predicted octanol–water partition coefficient (Wildman–Crippen LogP) is 0.773. The number of nitriles is 1. The highest BCUT2D eigenvalue weighted by atomic mass is 35.5. The first kappa shape index (κ1) is 22.2. The summed E-state index contributed by atoms with van der Waals surface area (Å²) in [5.74, 6) is -3.76. The number of imidazole rings is 1. The number of anilines is 1. The Morgan fingerprint density at radius 3 is 2.66 bits per heavy atom. The molecule has 14 heteroatoms. The van der Waals surface area contributed by atoms with Crippen molar-refractivity contribution in [1.29, 1.82) is 5.26 Å². The summed E-state index contributed by atoms with van der Waals surface area (Å²) in [7, 11) is 1.21. The lowest BCUT2D eigenvalue weighted by Crippen LogP contribution is -2.50. The molecular weight excluding hydrogens is 415 g/mol. The number of halogens is 2. The van der Waals surface area contributed by atoms with Gasteiger partial charge in [0.15, 0.2) is 17.8 Å². The summed E-state index contributed by atoms with van der Waals surface area (Å²) in [5.41, 5.74) is 3.03. The van der Waals surface area contributed by atoms with E-state index in [0.29, 0.717) is 0 Å². The minimum absolute atomic E-state index is 0.0284. The highest BCUT2D eigenvalue weighted by molar-refractivity contribution is 6.28. The molecule has 4 N–H and O–H groups in total. The van der Waals surface area contributed by atoms with E-state index in [1.807, 2.05) is 0 Å². The van der Waals surface area contributed by atoms with Gasteiger partial charge in [0.1, 0.15) is 5.52 Å². The summed E-state index contributed by atoms with van der Waals surface area (Å²) in [6, 6.07) is 1.45. The third kappa shape index (κ3) is 4.50. The molecule has 0 radical (unpaired) electrons. The van der Waals surface area contributed by atoms with E-state index in [0.717, 1.165) is 10.9 Å². The first-order chi connectivity index (χ1) is 13.7. The number of alkyl halides is 1. The molecule has 0 aromatic carbocycles. The molecule has 0 saturated carbocycles. The summed E-state index contributed by atoms with van der Waals surface area (Å²) < 4.78 is 25.9. The van der Waals surface area contributed by atoms with Crippen LogP contribution < -0.4 is 5.73 Å². The maximum absolute atomic E-state index is 14.8. The lowest BCUT2D eigenvalue weighted by molar-refractivity contribution is -0.187. The number of carboxylic acid groups (broad SMARTS) is 2. The van der Waals surface area contributed by atoms with Gasteiger partial charge in [-0.1, -0.05) is 0 Å². The number of ether oxygens (including phenoxy) is 2. The monoisotopic (exact) mass is 430 g/mol. The number of methoxy groups -OCH3 is 1. The predicted molar refractivity (Wildman–Crippen MR) is 94.5 cm³/mol. The number of rotatable bonds is 10. The van der Waals surface area contributed by atoms with Crippen molar-refractivity contribution in [3.8, 4) is 6.07 Å². The minimum Gasteiger partial charge on any atom is -0.479 e. The van der Waals surface area contributed by atoms with Crippen molar-refractivity contribution in [1.82, 2.24) is 19.5 Å². The smallest absolute Gasteiger partial charge is 0.349 e. The van der Waals surface area contributed by atoms with Gasteiger partial charge in [-0.3, -0.25) is 4.57 Å². The largest absolute Gasteiger partial charge is 0.479 e. The first-order valence-corrected chi connectivity index (χ1v) is 8.34. The van der Waals surface area contributed by atoms with E-state index in [1.54, 1.807) is 0 Å². The molecule has 2 aromatic rings. The zero-order chi connectivity index (χ0) is 21.8. The van der Waals surface area contributed by atoms with Crippen molar-refractivity contribution in [2.24, 2.45) is 0 Å². The summed E-state index contributed by atoms with van der Waals surface area (Å²) in [4.78, 5) is 34.2. The zero-order valence-electron chi connectivity index (χ0n) is 15.0. The summed E-state index contributed by atoms with van der Waals surface area (Å²) >= 11 is 5.73. The van der Waals surface area contributed by atoms with Crippen LogP contribution in [0.25, 0.3) is 11.2 Å². The van der Waals surface area contributed by atoms with Crippen LogP contribution in [0.15, 0.2) is 6.33 Å². The van der Waals surface area contributed by atoms with Crippen molar-refractivity contribution < 1.29 is 33.7 Å². The van der Waals surface area contributed by atoms with E-state index in [4.69, 9.17) is 32.1 Å². The second-order valence-corrected chi connectivity index (χ2v) is 6.15. The molecule has 2 heterocycles. The van der Waals surface area contributed by atoms with Gasteiger partial charge in [0.05, 0.1) is 31.5 Å². The highest BCUT2D eigenvalue weighted by Crippen LogP contribution is 2.26. The number of hydrogen-bond acceptors (Lipinski definition) is 9. The van der Waals surface area contributed by atoms with Crippen molar-refractivity contribution in [2.75, 3.05) is 19.5 Å². The third-order valence-electron chi connectivity index (χ3n) is 4.05. The van der Waals surface area contributed by atoms with E-state index < -0.39 is 43.0 Å². The van der Waals surface area contributed by atoms with Crippen LogP contribution >= 0.6 is 11.6 Å². The van der Waals surface area contributed by atoms with Crippen LogP contribution in [0.2, 0.25) is 5.28 Å². The number of nitrogens with zero attached hydrogens (tertiary/aromatic N) is 5. The van der Waals surface area contributed by atoms with Crippen molar-refractivity contribution in [2.45, 2.75) is 30.8 Å². The number of aromatic nitrogens is 4. The Labute approximate surface area is 167 Å². The Morgan fingerprint density at radius 1 is 1.45 bits per heavy atom. The lowest BCUT2D eigenvalue weighted by atomic mass is 10.0. The Kier molecular flexibility index (Phi) is 6.85. The fourth-order valence-corrected chi connectivity index (χ4v) is 2.61. The molecule has 0 spiro atoms. The maximum atomic E-state index is 14.8. The lowest BCUT2D eigenvalue weighted by Gasteiger charge is -2.26. The third-order valence-corrected chi connectivity index (χ3v) is 4.22.